The minimum Gasteiger partial charge on any atom is -0.351 e. The van der Waals surface area contributed by atoms with Gasteiger partial charge in [-0.2, -0.15) is 10.1 Å². The lowest BCUT2D eigenvalue weighted by molar-refractivity contribution is 1.05. The topological polar surface area (TPSA) is 86.5 Å². The maximum atomic E-state index is 11.7. The smallest absolute Gasteiger partial charge is 0.263 e. The first-order valence-corrected chi connectivity index (χ1v) is 6.83. The van der Waals surface area contributed by atoms with Crippen molar-refractivity contribution in [3.63, 3.8) is 0 Å². The fraction of sp³-hybridized carbons (Fsp3) is 0.250. The first kappa shape index (κ1) is 11.9. The zero-order chi connectivity index (χ0) is 13.2. The fourth-order valence-corrected chi connectivity index (χ4v) is 2.70. The van der Waals surface area contributed by atoms with E-state index in [0.717, 1.165) is 6.42 Å². The van der Waals surface area contributed by atoms with Gasteiger partial charge < -0.3 is 5.32 Å². The molecule has 0 aliphatic carbocycles. The largest absolute Gasteiger partial charge is 0.351 e. The van der Waals surface area contributed by atoms with Crippen molar-refractivity contribution >= 4 is 28.3 Å². The van der Waals surface area contributed by atoms with Crippen LogP contribution in [-0.2, 0) is 13.0 Å². The summed E-state index contributed by atoms with van der Waals surface area (Å²) >= 11 is 1.76. The van der Waals surface area contributed by atoms with E-state index in [1.54, 1.807) is 11.3 Å². The molecule has 0 aliphatic rings. The molecule has 98 valence electrons. The van der Waals surface area contributed by atoms with Crippen molar-refractivity contribution in [2.75, 3.05) is 5.32 Å². The van der Waals surface area contributed by atoms with Crippen LogP contribution in [0.4, 0.5) is 5.95 Å². The predicted octanol–water partition coefficient (Wildman–Crippen LogP) is 1.88. The highest BCUT2D eigenvalue weighted by molar-refractivity contribution is 7.12. The maximum absolute atomic E-state index is 11.7. The quantitative estimate of drug-likeness (QED) is 0.678. The summed E-state index contributed by atoms with van der Waals surface area (Å²) in [6.07, 6.45) is 2.51. The summed E-state index contributed by atoms with van der Waals surface area (Å²) in [5.41, 5.74) is 0.299. The van der Waals surface area contributed by atoms with Gasteiger partial charge in [-0.15, -0.1) is 11.3 Å². The van der Waals surface area contributed by atoms with Crippen LogP contribution in [0, 0.1) is 0 Å². The molecule has 0 spiro atoms. The molecular formula is C12H13N5OS. The maximum Gasteiger partial charge on any atom is 0.263 e. The van der Waals surface area contributed by atoms with Crippen LogP contribution >= 0.6 is 11.3 Å². The van der Waals surface area contributed by atoms with Gasteiger partial charge in [-0.05, 0) is 18.6 Å². The summed E-state index contributed by atoms with van der Waals surface area (Å²) in [5.74, 6) is 0.452. The first-order valence-electron chi connectivity index (χ1n) is 6.01. The molecule has 0 saturated heterocycles. The molecule has 3 rings (SSSR count). The summed E-state index contributed by atoms with van der Waals surface area (Å²) in [4.78, 5) is 21.2. The van der Waals surface area contributed by atoms with Gasteiger partial charge in [0, 0.05) is 9.75 Å². The number of aryl methyl sites for hydroxylation is 1. The van der Waals surface area contributed by atoms with Gasteiger partial charge in [-0.25, -0.2) is 0 Å². The van der Waals surface area contributed by atoms with Gasteiger partial charge in [-0.1, -0.05) is 6.92 Å². The zero-order valence-corrected chi connectivity index (χ0v) is 11.2. The lowest BCUT2D eigenvalue weighted by Crippen LogP contribution is -2.12. The summed E-state index contributed by atoms with van der Waals surface area (Å²) in [7, 11) is 0. The molecule has 0 saturated carbocycles. The Kier molecular flexibility index (Phi) is 3.04. The Labute approximate surface area is 112 Å². The molecule has 0 amide bonds. The van der Waals surface area contributed by atoms with Crippen LogP contribution < -0.4 is 10.9 Å². The van der Waals surface area contributed by atoms with Gasteiger partial charge in [0.05, 0.1) is 12.7 Å². The van der Waals surface area contributed by atoms with E-state index in [1.165, 1.54) is 16.0 Å². The van der Waals surface area contributed by atoms with Crippen molar-refractivity contribution in [3.8, 4) is 0 Å². The third-order valence-corrected chi connectivity index (χ3v) is 4.04. The Morgan fingerprint density at radius 2 is 2.21 bits per heavy atom. The van der Waals surface area contributed by atoms with Gasteiger partial charge in [0.15, 0.2) is 5.65 Å². The van der Waals surface area contributed by atoms with E-state index in [4.69, 9.17) is 0 Å². The van der Waals surface area contributed by atoms with Crippen molar-refractivity contribution < 1.29 is 0 Å². The lowest BCUT2D eigenvalue weighted by atomic mass is 10.3. The monoisotopic (exact) mass is 275 g/mol. The molecule has 3 aromatic heterocycles. The molecule has 0 bridgehead atoms. The van der Waals surface area contributed by atoms with Crippen molar-refractivity contribution in [3.05, 3.63) is 38.4 Å². The van der Waals surface area contributed by atoms with E-state index in [1.807, 2.05) is 0 Å². The van der Waals surface area contributed by atoms with Crippen LogP contribution in [-0.4, -0.2) is 20.2 Å². The minimum atomic E-state index is -0.193. The number of fused-ring (bicyclic) bond motifs is 1. The van der Waals surface area contributed by atoms with Crippen molar-refractivity contribution in [2.45, 2.75) is 19.9 Å². The number of nitrogens with zero attached hydrogens (tertiary/aromatic N) is 2. The van der Waals surface area contributed by atoms with Gasteiger partial charge >= 0.3 is 0 Å². The molecule has 0 unspecified atom stereocenters. The molecule has 0 fully saturated rings. The predicted molar refractivity (Wildman–Crippen MR) is 75.5 cm³/mol. The average molecular weight is 275 g/mol. The van der Waals surface area contributed by atoms with Gasteiger partial charge in [-0.3, -0.25) is 14.9 Å². The minimum absolute atomic E-state index is 0.193. The molecule has 0 atom stereocenters. The highest BCUT2D eigenvalue weighted by Crippen LogP contribution is 2.17. The van der Waals surface area contributed by atoms with Crippen molar-refractivity contribution in [1.29, 1.82) is 0 Å². The highest BCUT2D eigenvalue weighted by Gasteiger charge is 2.05. The normalized spacial score (nSPS) is 11.0. The Bertz CT molecular complexity index is 757. The first-order chi connectivity index (χ1) is 9.26. The zero-order valence-electron chi connectivity index (χ0n) is 10.4. The second kappa shape index (κ2) is 4.85. The van der Waals surface area contributed by atoms with Gasteiger partial charge in [0.1, 0.15) is 5.39 Å². The summed E-state index contributed by atoms with van der Waals surface area (Å²) in [6, 6.07) is 4.21. The average Bonchev–Trinajstić information content (AvgIpc) is 3.05. The standard InChI is InChI=1S/C12H13N5OS/c1-2-7-3-4-8(19-7)5-13-12-15-10-9(6-14-17-10)11(18)16-12/h3-4,6H,2,5H2,1H3,(H3,13,14,15,16,17,18). The molecule has 0 aliphatic heterocycles. The number of thiophene rings is 1. The third-order valence-electron chi connectivity index (χ3n) is 2.82. The second-order valence-corrected chi connectivity index (χ2v) is 5.37. The highest BCUT2D eigenvalue weighted by atomic mass is 32.1. The van der Waals surface area contributed by atoms with E-state index >= 15 is 0 Å². The number of hydrogen-bond donors (Lipinski definition) is 3. The van der Waals surface area contributed by atoms with E-state index in [2.05, 4.69) is 44.5 Å². The second-order valence-electron chi connectivity index (χ2n) is 4.12. The Balaban J connectivity index is 1.79. The number of anilines is 1. The third kappa shape index (κ3) is 2.37. The van der Waals surface area contributed by atoms with Crippen LogP contribution in [0.2, 0.25) is 0 Å². The molecule has 0 radical (unpaired) electrons. The Morgan fingerprint density at radius 1 is 1.37 bits per heavy atom. The van der Waals surface area contributed by atoms with Crippen LogP contribution in [0.25, 0.3) is 11.0 Å². The van der Waals surface area contributed by atoms with Crippen LogP contribution in [0.3, 0.4) is 0 Å². The molecule has 6 nitrogen and oxygen atoms in total. The lowest BCUT2D eigenvalue weighted by Gasteiger charge is -2.03. The van der Waals surface area contributed by atoms with E-state index in [0.29, 0.717) is 23.5 Å². The van der Waals surface area contributed by atoms with Gasteiger partial charge in [0.2, 0.25) is 5.95 Å². The number of aromatic amines is 2. The van der Waals surface area contributed by atoms with E-state index in [-0.39, 0.29) is 5.56 Å². The Morgan fingerprint density at radius 3 is 3.00 bits per heavy atom. The molecule has 19 heavy (non-hydrogen) atoms. The number of rotatable bonds is 4. The van der Waals surface area contributed by atoms with Crippen LogP contribution in [0.5, 0.6) is 0 Å². The van der Waals surface area contributed by atoms with E-state index < -0.39 is 0 Å². The SMILES string of the molecule is CCc1ccc(CNc2nc3[nH]ncc3c(=O)[nH]2)s1. The van der Waals surface area contributed by atoms with E-state index in [9.17, 15) is 4.79 Å². The van der Waals surface area contributed by atoms with Crippen molar-refractivity contribution in [1.82, 2.24) is 20.2 Å². The molecular weight excluding hydrogens is 262 g/mol. The number of H-pyrrole nitrogens is 2. The number of nitrogens with one attached hydrogen (secondary N) is 3. The summed E-state index contributed by atoms with van der Waals surface area (Å²) < 4.78 is 0. The van der Waals surface area contributed by atoms with Crippen molar-refractivity contribution in [2.24, 2.45) is 0 Å². The van der Waals surface area contributed by atoms with Gasteiger partial charge in [0.25, 0.3) is 5.56 Å². The number of hydrogen-bond acceptors (Lipinski definition) is 5. The Hall–Kier alpha value is -2.15. The van der Waals surface area contributed by atoms with Crippen LogP contribution in [0.1, 0.15) is 16.7 Å². The molecule has 3 aromatic rings. The molecule has 7 heteroatoms. The summed E-state index contributed by atoms with van der Waals surface area (Å²) in [5, 5.41) is 10.1. The number of aromatic nitrogens is 4. The molecule has 3 N–H and O–H groups in total. The summed E-state index contributed by atoms with van der Waals surface area (Å²) in [6.45, 7) is 2.78. The van der Waals surface area contributed by atoms with Crippen LogP contribution in [0.15, 0.2) is 23.1 Å². The molecule has 0 aromatic carbocycles. The molecule has 3 heterocycles. The fourth-order valence-electron chi connectivity index (χ4n) is 1.81.